The van der Waals surface area contributed by atoms with Crippen molar-refractivity contribution >= 4 is 27.2 Å². The van der Waals surface area contributed by atoms with Gasteiger partial charge in [-0.25, -0.2) is 8.42 Å². The van der Waals surface area contributed by atoms with Gasteiger partial charge in [-0.1, -0.05) is 16.6 Å². The summed E-state index contributed by atoms with van der Waals surface area (Å²) in [5.41, 5.74) is 1.21. The van der Waals surface area contributed by atoms with E-state index in [4.69, 9.17) is 0 Å². The second-order valence-electron chi connectivity index (χ2n) is 6.39. The van der Waals surface area contributed by atoms with Crippen LogP contribution in [0.3, 0.4) is 0 Å². The molecule has 178 valence electrons. The Morgan fingerprint density at radius 1 is 0.909 bits per heavy atom. The van der Waals surface area contributed by atoms with Gasteiger partial charge in [0.1, 0.15) is 22.1 Å². The number of hydrogen-bond acceptors (Lipinski definition) is 7. The summed E-state index contributed by atoms with van der Waals surface area (Å²) in [4.78, 5) is -0.834. The van der Waals surface area contributed by atoms with Gasteiger partial charge in [0.15, 0.2) is 13.2 Å². The molecule has 0 aliphatic heterocycles. The molecule has 2 aromatic carbocycles. The van der Waals surface area contributed by atoms with Crippen LogP contribution in [0.2, 0.25) is 0 Å². The highest BCUT2D eigenvalue weighted by atomic mass is 32.2. The van der Waals surface area contributed by atoms with E-state index in [1.165, 1.54) is 24.3 Å². The Morgan fingerprint density at radius 2 is 1.55 bits per heavy atom. The van der Waals surface area contributed by atoms with Crippen LogP contribution in [0.5, 0.6) is 11.5 Å². The van der Waals surface area contributed by atoms with Crippen LogP contribution in [-0.4, -0.2) is 43.6 Å². The van der Waals surface area contributed by atoms with Crippen molar-refractivity contribution in [1.29, 1.82) is 0 Å². The largest absolute Gasteiger partial charge is 0.484 e. The zero-order valence-corrected chi connectivity index (χ0v) is 17.8. The van der Waals surface area contributed by atoms with Crippen molar-refractivity contribution in [3.05, 3.63) is 47.8 Å². The smallest absolute Gasteiger partial charge is 0.422 e. The molecule has 0 spiro atoms. The highest BCUT2D eigenvalue weighted by Crippen LogP contribution is 2.32. The zero-order chi connectivity index (χ0) is 24.3. The van der Waals surface area contributed by atoms with Gasteiger partial charge in [0.2, 0.25) is 0 Å². The molecule has 0 saturated carbocycles. The van der Waals surface area contributed by atoms with Crippen molar-refractivity contribution in [3.8, 4) is 22.8 Å². The number of aromatic nitrogens is 2. The molecule has 0 amide bonds. The lowest BCUT2D eigenvalue weighted by Crippen LogP contribution is -2.22. The molecule has 1 heterocycles. The first kappa shape index (κ1) is 24.6. The number of anilines is 1. The Bertz CT molecular complexity index is 1180. The average Bonchev–Trinajstić information content (AvgIpc) is 3.25. The van der Waals surface area contributed by atoms with Crippen molar-refractivity contribution in [3.63, 3.8) is 0 Å². The number of benzene rings is 2. The monoisotopic (exact) mass is 513 g/mol. The van der Waals surface area contributed by atoms with E-state index in [0.717, 1.165) is 23.7 Å². The van der Waals surface area contributed by atoms with E-state index in [1.807, 2.05) is 0 Å². The lowest BCUT2D eigenvalue weighted by atomic mass is 10.2. The van der Waals surface area contributed by atoms with E-state index in [0.29, 0.717) is 17.3 Å². The van der Waals surface area contributed by atoms with Crippen LogP contribution in [-0.2, 0) is 10.0 Å². The average molecular weight is 513 g/mol. The van der Waals surface area contributed by atoms with Crippen LogP contribution in [0.25, 0.3) is 11.3 Å². The number of nitrogens with one attached hydrogen (secondary N) is 1. The molecule has 1 N–H and O–H groups in total. The first-order valence-corrected chi connectivity index (χ1v) is 11.1. The van der Waals surface area contributed by atoms with E-state index < -0.39 is 52.0 Å². The van der Waals surface area contributed by atoms with Crippen molar-refractivity contribution in [1.82, 2.24) is 9.59 Å². The fourth-order valence-corrected chi connectivity index (χ4v) is 4.13. The second kappa shape index (κ2) is 9.43. The van der Waals surface area contributed by atoms with Gasteiger partial charge in [0.05, 0.1) is 0 Å². The third kappa shape index (κ3) is 7.21. The molecule has 0 bridgehead atoms. The maximum absolute atomic E-state index is 12.8. The number of nitrogens with zero attached hydrogens (tertiary/aromatic N) is 2. The highest BCUT2D eigenvalue weighted by Gasteiger charge is 2.31. The molecule has 0 aliphatic carbocycles. The molecule has 0 unspecified atom stereocenters. The molecule has 3 rings (SSSR count). The van der Waals surface area contributed by atoms with Gasteiger partial charge in [-0.2, -0.15) is 26.3 Å². The number of halogens is 6. The summed E-state index contributed by atoms with van der Waals surface area (Å²) in [7, 11) is -4.58. The molecule has 0 aliphatic rings. The van der Waals surface area contributed by atoms with Crippen LogP contribution < -0.4 is 14.2 Å². The van der Waals surface area contributed by atoms with Gasteiger partial charge in [-0.05, 0) is 35.8 Å². The first-order chi connectivity index (χ1) is 15.3. The van der Waals surface area contributed by atoms with Crippen LogP contribution >= 0.6 is 11.5 Å². The Labute approximate surface area is 187 Å². The number of rotatable bonds is 8. The number of alkyl halides is 6. The molecule has 3 aromatic rings. The summed E-state index contributed by atoms with van der Waals surface area (Å²) in [5, 5.41) is 5.52. The van der Waals surface area contributed by atoms with Crippen molar-refractivity contribution < 1.29 is 44.2 Å². The molecule has 15 heteroatoms. The van der Waals surface area contributed by atoms with Crippen LogP contribution in [0.1, 0.15) is 0 Å². The van der Waals surface area contributed by atoms with E-state index >= 15 is 0 Å². The van der Waals surface area contributed by atoms with Gasteiger partial charge < -0.3 is 9.47 Å². The van der Waals surface area contributed by atoms with Gasteiger partial charge in [-0.3, -0.25) is 4.72 Å². The minimum absolute atomic E-state index is 0.0327. The topological polar surface area (TPSA) is 90.4 Å². The Balaban J connectivity index is 1.88. The number of sulfonamides is 1. The van der Waals surface area contributed by atoms with Crippen molar-refractivity contribution in [2.45, 2.75) is 17.2 Å². The van der Waals surface area contributed by atoms with E-state index in [2.05, 4.69) is 23.8 Å². The molecule has 7 nitrogen and oxygen atoms in total. The van der Waals surface area contributed by atoms with E-state index in [9.17, 15) is 34.8 Å². The minimum atomic E-state index is -4.78. The summed E-state index contributed by atoms with van der Waals surface area (Å²) >= 11 is 1.11. The third-order valence-corrected chi connectivity index (χ3v) is 5.70. The van der Waals surface area contributed by atoms with Gasteiger partial charge in [0.25, 0.3) is 10.0 Å². The van der Waals surface area contributed by atoms with E-state index in [-0.39, 0.29) is 5.69 Å². The molecule has 0 fully saturated rings. The summed E-state index contributed by atoms with van der Waals surface area (Å²) in [5.74, 6) is -1.25. The third-order valence-electron chi connectivity index (χ3n) is 3.79. The van der Waals surface area contributed by atoms with Gasteiger partial charge >= 0.3 is 12.4 Å². The summed E-state index contributed by atoms with van der Waals surface area (Å²) in [6, 6.07) is 8.09. The predicted molar refractivity (Wildman–Crippen MR) is 106 cm³/mol. The lowest BCUT2D eigenvalue weighted by Gasteiger charge is -2.16. The quantitative estimate of drug-likeness (QED) is 0.432. The Hall–Kier alpha value is -3.07. The summed E-state index contributed by atoms with van der Waals surface area (Å²) < 4.78 is 116. The standard InChI is InChI=1S/C18H13F6N3O4S2/c19-17(20,21)9-30-13-5-6-15(31-10-18(22,23)24)16(7-13)33(28,29)26-12-3-1-11(2-4-12)14-8-32-27-25-14/h1-8,26H,9-10H2. The lowest BCUT2D eigenvalue weighted by molar-refractivity contribution is -0.154. The SMILES string of the molecule is O=S(=O)(Nc1ccc(-c2csnn2)cc1)c1cc(OCC(F)(F)F)ccc1OCC(F)(F)F. The minimum Gasteiger partial charge on any atom is -0.484 e. The summed E-state index contributed by atoms with van der Waals surface area (Å²) in [6.45, 7) is -3.54. The molecule has 1 aromatic heterocycles. The van der Waals surface area contributed by atoms with Gasteiger partial charge in [-0.15, -0.1) is 5.10 Å². The van der Waals surface area contributed by atoms with Crippen molar-refractivity contribution in [2.24, 2.45) is 0 Å². The maximum atomic E-state index is 12.8. The molecule has 0 radical (unpaired) electrons. The predicted octanol–water partition coefficient (Wildman–Crippen LogP) is 4.89. The fourth-order valence-electron chi connectivity index (χ4n) is 2.44. The van der Waals surface area contributed by atoms with Crippen molar-refractivity contribution in [2.75, 3.05) is 17.9 Å². The second-order valence-corrected chi connectivity index (χ2v) is 8.65. The van der Waals surface area contributed by atoms with Crippen LogP contribution in [0, 0.1) is 0 Å². The number of ether oxygens (including phenoxy) is 2. The Kier molecular flexibility index (Phi) is 7.02. The van der Waals surface area contributed by atoms with Crippen LogP contribution in [0.4, 0.5) is 32.0 Å². The Morgan fingerprint density at radius 3 is 2.12 bits per heavy atom. The highest BCUT2D eigenvalue weighted by molar-refractivity contribution is 7.92. The first-order valence-electron chi connectivity index (χ1n) is 8.76. The zero-order valence-electron chi connectivity index (χ0n) is 16.1. The summed E-state index contributed by atoms with van der Waals surface area (Å²) in [6.07, 6.45) is -9.49. The van der Waals surface area contributed by atoms with E-state index in [1.54, 1.807) is 5.38 Å². The normalized spacial score (nSPS) is 12.4. The number of hydrogen-bond donors (Lipinski definition) is 1. The molecule has 33 heavy (non-hydrogen) atoms. The molecular weight excluding hydrogens is 500 g/mol. The molecule has 0 saturated heterocycles. The molecular formula is C18H13F6N3O4S2. The maximum Gasteiger partial charge on any atom is 0.422 e. The van der Waals surface area contributed by atoms with Gasteiger partial charge in [0, 0.05) is 22.7 Å². The molecule has 0 atom stereocenters. The fraction of sp³-hybridized carbons (Fsp3) is 0.222. The van der Waals surface area contributed by atoms with Crippen LogP contribution in [0.15, 0.2) is 52.7 Å².